The maximum atomic E-state index is 13.1. The summed E-state index contributed by atoms with van der Waals surface area (Å²) in [6.45, 7) is 0.461. The Morgan fingerprint density at radius 3 is 2.41 bits per heavy atom. The van der Waals surface area contributed by atoms with E-state index in [0.29, 0.717) is 23.2 Å². The van der Waals surface area contributed by atoms with Crippen molar-refractivity contribution in [1.29, 1.82) is 0 Å². The fourth-order valence-electron chi connectivity index (χ4n) is 3.61. The number of urea groups is 1. The predicted octanol–water partition coefficient (Wildman–Crippen LogP) is 3.94. The largest absolute Gasteiger partial charge is 0.348 e. The number of benzene rings is 3. The Morgan fingerprint density at radius 2 is 1.69 bits per heavy atom. The summed E-state index contributed by atoms with van der Waals surface area (Å²) in [4.78, 5) is 38.9. The molecule has 3 aromatic carbocycles. The summed E-state index contributed by atoms with van der Waals surface area (Å²) in [6, 6.07) is 21.1. The van der Waals surface area contributed by atoms with Crippen LogP contribution in [0.1, 0.15) is 39.5 Å². The van der Waals surface area contributed by atoms with Crippen LogP contribution >= 0.6 is 0 Å². The molecule has 7 heteroatoms. The summed E-state index contributed by atoms with van der Waals surface area (Å²) in [6.07, 6.45) is 0.0780. The molecule has 1 fully saturated rings. The lowest BCUT2D eigenvalue weighted by molar-refractivity contribution is -0.130. The molecule has 0 saturated carbocycles. The van der Waals surface area contributed by atoms with E-state index < -0.39 is 12.1 Å². The highest BCUT2D eigenvalue weighted by Gasteiger charge is 2.32. The Balaban J connectivity index is 1.39. The molecular formula is C25H22FN3O3. The lowest BCUT2D eigenvalue weighted by atomic mass is 10.0. The first-order valence-corrected chi connectivity index (χ1v) is 10.3. The van der Waals surface area contributed by atoms with Gasteiger partial charge in [-0.1, -0.05) is 54.6 Å². The monoisotopic (exact) mass is 431 g/mol. The molecule has 0 radical (unpaired) electrons. The molecule has 1 saturated heterocycles. The Morgan fingerprint density at radius 1 is 0.969 bits per heavy atom. The van der Waals surface area contributed by atoms with Crippen LogP contribution in [0.2, 0.25) is 0 Å². The van der Waals surface area contributed by atoms with E-state index in [1.165, 1.54) is 12.1 Å². The fourth-order valence-corrected chi connectivity index (χ4v) is 3.61. The van der Waals surface area contributed by atoms with Crippen molar-refractivity contribution in [2.45, 2.75) is 25.6 Å². The number of nitrogens with one attached hydrogen (secondary N) is 2. The summed E-state index contributed by atoms with van der Waals surface area (Å²) in [5, 5.41) is 5.66. The van der Waals surface area contributed by atoms with E-state index in [9.17, 15) is 18.8 Å². The number of carbonyl (C=O) groups is 3. The van der Waals surface area contributed by atoms with E-state index in [1.54, 1.807) is 36.4 Å². The van der Waals surface area contributed by atoms with Crippen LogP contribution < -0.4 is 10.6 Å². The van der Waals surface area contributed by atoms with Crippen LogP contribution in [-0.4, -0.2) is 22.7 Å². The van der Waals surface area contributed by atoms with Crippen molar-refractivity contribution in [2.24, 2.45) is 0 Å². The van der Waals surface area contributed by atoms with E-state index in [4.69, 9.17) is 0 Å². The molecule has 0 spiro atoms. The lowest BCUT2D eigenvalue weighted by Crippen LogP contribution is -2.50. The highest BCUT2D eigenvalue weighted by molar-refractivity contribution is 5.97. The molecule has 0 aliphatic carbocycles. The van der Waals surface area contributed by atoms with Crippen LogP contribution in [0.25, 0.3) is 0 Å². The Labute approximate surface area is 185 Å². The molecular weight excluding hydrogens is 409 g/mol. The van der Waals surface area contributed by atoms with Crippen LogP contribution in [0.5, 0.6) is 0 Å². The summed E-state index contributed by atoms with van der Waals surface area (Å²) >= 11 is 0. The number of hydrogen-bond donors (Lipinski definition) is 2. The highest BCUT2D eigenvalue weighted by atomic mass is 19.1. The van der Waals surface area contributed by atoms with Crippen molar-refractivity contribution in [3.05, 3.63) is 107 Å². The number of imide groups is 1. The van der Waals surface area contributed by atoms with Crippen molar-refractivity contribution in [2.75, 3.05) is 0 Å². The molecule has 3 aromatic rings. The Kier molecular flexibility index (Phi) is 6.26. The second-order valence-electron chi connectivity index (χ2n) is 7.61. The molecule has 6 nitrogen and oxygen atoms in total. The van der Waals surface area contributed by atoms with Gasteiger partial charge in [0.15, 0.2) is 0 Å². The number of amides is 4. The third kappa shape index (κ3) is 5.00. The number of carbonyl (C=O) groups excluding carboxylic acids is 3. The first-order valence-electron chi connectivity index (χ1n) is 10.3. The van der Waals surface area contributed by atoms with Crippen LogP contribution in [0.15, 0.2) is 78.9 Å². The van der Waals surface area contributed by atoms with Crippen molar-refractivity contribution in [3.8, 4) is 0 Å². The molecule has 2 N–H and O–H groups in total. The lowest BCUT2D eigenvalue weighted by Gasteiger charge is -2.31. The zero-order chi connectivity index (χ0) is 22.5. The number of nitrogens with zero attached hydrogens (tertiary/aromatic N) is 1. The molecule has 1 aliphatic rings. The van der Waals surface area contributed by atoms with Gasteiger partial charge in [-0.25, -0.2) is 9.18 Å². The van der Waals surface area contributed by atoms with Gasteiger partial charge in [0.05, 0.1) is 19.0 Å². The van der Waals surface area contributed by atoms with E-state index in [0.717, 1.165) is 10.5 Å². The first kappa shape index (κ1) is 21.2. The van der Waals surface area contributed by atoms with E-state index >= 15 is 0 Å². The maximum Gasteiger partial charge on any atom is 0.324 e. The van der Waals surface area contributed by atoms with Crippen molar-refractivity contribution in [3.63, 3.8) is 0 Å². The van der Waals surface area contributed by atoms with Gasteiger partial charge in [0.1, 0.15) is 5.82 Å². The smallest absolute Gasteiger partial charge is 0.324 e. The highest BCUT2D eigenvalue weighted by Crippen LogP contribution is 2.24. The Hall–Kier alpha value is -4.00. The summed E-state index contributed by atoms with van der Waals surface area (Å²) in [5.74, 6) is -0.944. The quantitative estimate of drug-likeness (QED) is 0.621. The minimum atomic E-state index is -0.519. The standard InChI is InChI=1S/C25H22FN3O3/c26-21-11-9-19(10-12-21)22-14-23(30)29(25(32)28-22)16-18-7-4-8-20(13-18)24(31)27-15-17-5-2-1-3-6-17/h1-13,22H,14-16H2,(H,27,31)(H,28,32). The van der Waals surface area contributed by atoms with Crippen LogP contribution in [0, 0.1) is 5.82 Å². The normalized spacial score (nSPS) is 15.9. The second kappa shape index (κ2) is 9.43. The van der Waals surface area contributed by atoms with Gasteiger partial charge >= 0.3 is 6.03 Å². The van der Waals surface area contributed by atoms with E-state index in [-0.39, 0.29) is 30.6 Å². The molecule has 4 amide bonds. The molecule has 0 bridgehead atoms. The summed E-state index contributed by atoms with van der Waals surface area (Å²) < 4.78 is 13.1. The number of halogens is 1. The molecule has 1 atom stereocenters. The van der Waals surface area contributed by atoms with E-state index in [1.807, 2.05) is 30.3 Å². The second-order valence-corrected chi connectivity index (χ2v) is 7.61. The van der Waals surface area contributed by atoms with E-state index in [2.05, 4.69) is 10.6 Å². The molecule has 0 aromatic heterocycles. The average Bonchev–Trinajstić information content (AvgIpc) is 2.81. The van der Waals surface area contributed by atoms with Crippen LogP contribution in [0.3, 0.4) is 0 Å². The zero-order valence-corrected chi connectivity index (χ0v) is 17.3. The molecule has 32 heavy (non-hydrogen) atoms. The predicted molar refractivity (Wildman–Crippen MR) is 117 cm³/mol. The van der Waals surface area contributed by atoms with Gasteiger partial charge in [-0.15, -0.1) is 0 Å². The SMILES string of the molecule is O=C(NCc1ccccc1)c1cccc(CN2C(=O)CC(c3ccc(F)cc3)NC2=O)c1. The molecule has 1 heterocycles. The van der Waals surface area contributed by atoms with Gasteiger partial charge in [-0.3, -0.25) is 14.5 Å². The number of rotatable bonds is 6. The van der Waals surface area contributed by atoms with Crippen molar-refractivity contribution in [1.82, 2.24) is 15.5 Å². The Bertz CT molecular complexity index is 1110. The molecule has 162 valence electrons. The van der Waals surface area contributed by atoms with Gasteiger partial charge in [-0.2, -0.15) is 0 Å². The number of hydrogen-bond acceptors (Lipinski definition) is 3. The maximum absolute atomic E-state index is 13.1. The first-order chi connectivity index (χ1) is 15.5. The minimum Gasteiger partial charge on any atom is -0.348 e. The van der Waals surface area contributed by atoms with Gasteiger partial charge in [0.2, 0.25) is 5.91 Å². The van der Waals surface area contributed by atoms with Gasteiger partial charge in [-0.05, 0) is 41.0 Å². The zero-order valence-electron chi connectivity index (χ0n) is 17.3. The van der Waals surface area contributed by atoms with Gasteiger partial charge < -0.3 is 10.6 Å². The topological polar surface area (TPSA) is 78.5 Å². The van der Waals surface area contributed by atoms with Gasteiger partial charge in [0.25, 0.3) is 5.91 Å². The third-order valence-electron chi connectivity index (χ3n) is 5.32. The molecule has 1 aliphatic heterocycles. The van der Waals surface area contributed by atoms with Crippen molar-refractivity contribution < 1.29 is 18.8 Å². The fraction of sp³-hybridized carbons (Fsp3) is 0.160. The molecule has 4 rings (SSSR count). The van der Waals surface area contributed by atoms with Crippen LogP contribution in [-0.2, 0) is 17.9 Å². The summed E-state index contributed by atoms with van der Waals surface area (Å²) in [5.41, 5.74) is 2.78. The minimum absolute atomic E-state index is 0.0562. The summed E-state index contributed by atoms with van der Waals surface area (Å²) in [7, 11) is 0. The molecule has 1 unspecified atom stereocenters. The van der Waals surface area contributed by atoms with Crippen LogP contribution in [0.4, 0.5) is 9.18 Å². The average molecular weight is 431 g/mol. The van der Waals surface area contributed by atoms with Gasteiger partial charge in [0, 0.05) is 12.1 Å². The van der Waals surface area contributed by atoms with Crippen molar-refractivity contribution >= 4 is 17.8 Å². The third-order valence-corrected chi connectivity index (χ3v) is 5.32.